The normalized spacial score (nSPS) is 10.7. The summed E-state index contributed by atoms with van der Waals surface area (Å²) in [6.07, 6.45) is 3.40. The molecule has 3 aromatic rings. The molecule has 1 aromatic carbocycles. The number of carboxylic acid groups (broad SMARTS) is 1. The van der Waals surface area contributed by atoms with Gasteiger partial charge in [0.1, 0.15) is 11.6 Å². The smallest absolute Gasteiger partial charge is 0.338 e. The van der Waals surface area contributed by atoms with E-state index in [1.165, 1.54) is 6.07 Å². The largest absolute Gasteiger partial charge is 0.478 e. The molecule has 2 heterocycles. The van der Waals surface area contributed by atoms with E-state index >= 15 is 0 Å². The van der Waals surface area contributed by atoms with Crippen LogP contribution in [-0.4, -0.2) is 20.6 Å². The topological polar surface area (TPSA) is 55.1 Å². The van der Waals surface area contributed by atoms with Crippen LogP contribution in [-0.2, 0) is 6.54 Å². The first-order valence-corrected chi connectivity index (χ1v) is 7.10. The lowest BCUT2D eigenvalue weighted by molar-refractivity contribution is 0.0691. The Balaban J connectivity index is 1.97. The van der Waals surface area contributed by atoms with Crippen LogP contribution in [0.1, 0.15) is 15.9 Å². The number of thiophene rings is 1. The van der Waals surface area contributed by atoms with Gasteiger partial charge in [-0.1, -0.05) is 18.2 Å². The highest BCUT2D eigenvalue weighted by Gasteiger charge is 2.15. The lowest BCUT2D eigenvalue weighted by Gasteiger charge is -2.09. The number of benzene rings is 1. The molecule has 0 aliphatic rings. The van der Waals surface area contributed by atoms with Crippen LogP contribution in [0, 0.1) is 5.82 Å². The molecule has 0 fully saturated rings. The first kappa shape index (κ1) is 13.5. The van der Waals surface area contributed by atoms with Crippen molar-refractivity contribution in [1.29, 1.82) is 0 Å². The molecule has 6 heteroatoms. The Labute approximate surface area is 124 Å². The summed E-state index contributed by atoms with van der Waals surface area (Å²) in [7, 11) is 0. The van der Waals surface area contributed by atoms with E-state index in [0.717, 1.165) is 10.7 Å². The van der Waals surface area contributed by atoms with Crippen LogP contribution in [0.15, 0.2) is 48.1 Å². The highest BCUT2D eigenvalue weighted by Crippen LogP contribution is 2.24. The minimum atomic E-state index is -1.27. The van der Waals surface area contributed by atoms with E-state index in [0.29, 0.717) is 5.56 Å². The molecular weight excluding hydrogens is 291 g/mol. The van der Waals surface area contributed by atoms with Crippen LogP contribution in [0.4, 0.5) is 4.39 Å². The van der Waals surface area contributed by atoms with E-state index in [9.17, 15) is 9.18 Å². The van der Waals surface area contributed by atoms with Crippen LogP contribution in [0.2, 0.25) is 0 Å². The molecule has 0 aliphatic carbocycles. The number of hydrogen-bond donors (Lipinski definition) is 1. The zero-order valence-corrected chi connectivity index (χ0v) is 11.7. The van der Waals surface area contributed by atoms with E-state index in [1.807, 2.05) is 17.5 Å². The maximum atomic E-state index is 14.2. The number of halogens is 1. The Hall–Kier alpha value is -2.47. The van der Waals surface area contributed by atoms with Crippen LogP contribution in [0.5, 0.6) is 0 Å². The van der Waals surface area contributed by atoms with Crippen molar-refractivity contribution in [2.24, 2.45) is 0 Å². The molecule has 0 saturated heterocycles. The predicted molar refractivity (Wildman–Crippen MR) is 78.0 cm³/mol. The van der Waals surface area contributed by atoms with E-state index in [4.69, 9.17) is 5.11 Å². The van der Waals surface area contributed by atoms with Crippen molar-refractivity contribution in [3.8, 4) is 10.7 Å². The third-order valence-corrected chi connectivity index (χ3v) is 3.97. The average Bonchev–Trinajstić information content (AvgIpc) is 3.11. The minimum Gasteiger partial charge on any atom is -0.478 e. The summed E-state index contributed by atoms with van der Waals surface area (Å²) in [6, 6.07) is 8.25. The second-order valence-electron chi connectivity index (χ2n) is 4.44. The lowest BCUT2D eigenvalue weighted by atomic mass is 10.1. The molecule has 0 unspecified atom stereocenters. The number of imidazole rings is 1. The fourth-order valence-corrected chi connectivity index (χ4v) is 2.85. The van der Waals surface area contributed by atoms with Crippen LogP contribution < -0.4 is 0 Å². The van der Waals surface area contributed by atoms with Crippen molar-refractivity contribution in [2.75, 3.05) is 0 Å². The van der Waals surface area contributed by atoms with Crippen molar-refractivity contribution in [1.82, 2.24) is 9.55 Å². The number of nitrogens with zero attached hydrogens (tertiary/aromatic N) is 2. The van der Waals surface area contributed by atoms with Crippen molar-refractivity contribution >= 4 is 17.3 Å². The fourth-order valence-electron chi connectivity index (χ4n) is 2.12. The summed E-state index contributed by atoms with van der Waals surface area (Å²) in [5.41, 5.74) is 0.0102. The van der Waals surface area contributed by atoms with Crippen molar-refractivity contribution in [3.05, 3.63) is 65.0 Å². The monoisotopic (exact) mass is 302 g/mol. The molecule has 3 rings (SSSR count). The Bertz CT molecular complexity index is 781. The van der Waals surface area contributed by atoms with Gasteiger partial charge in [0.2, 0.25) is 0 Å². The van der Waals surface area contributed by atoms with Gasteiger partial charge in [0.25, 0.3) is 0 Å². The first-order valence-electron chi connectivity index (χ1n) is 6.22. The molecule has 0 bridgehead atoms. The molecule has 1 N–H and O–H groups in total. The molecule has 0 spiro atoms. The molecule has 0 amide bonds. The maximum Gasteiger partial charge on any atom is 0.338 e. The molecule has 21 heavy (non-hydrogen) atoms. The van der Waals surface area contributed by atoms with Crippen molar-refractivity contribution < 1.29 is 14.3 Å². The van der Waals surface area contributed by atoms with Gasteiger partial charge < -0.3 is 9.67 Å². The summed E-state index contributed by atoms with van der Waals surface area (Å²) < 4.78 is 16.0. The Kier molecular flexibility index (Phi) is 3.53. The molecule has 0 radical (unpaired) electrons. The zero-order chi connectivity index (χ0) is 14.8. The highest BCUT2D eigenvalue weighted by molar-refractivity contribution is 7.13. The minimum absolute atomic E-state index is 0.236. The zero-order valence-electron chi connectivity index (χ0n) is 10.9. The molecule has 2 aromatic heterocycles. The highest BCUT2D eigenvalue weighted by atomic mass is 32.1. The van der Waals surface area contributed by atoms with E-state index in [1.54, 1.807) is 40.4 Å². The summed E-state index contributed by atoms with van der Waals surface area (Å²) in [4.78, 5) is 16.2. The standard InChI is InChI=1S/C15H11FN2O2S/c16-13-10(3-1-4-11(13)15(19)20)9-18-7-6-17-14(18)12-5-2-8-21-12/h1-8H,9H2,(H,19,20). The molecule has 0 saturated carbocycles. The van der Waals surface area contributed by atoms with Crippen LogP contribution in [0.25, 0.3) is 10.7 Å². The Morgan fingerprint density at radius 3 is 2.90 bits per heavy atom. The quantitative estimate of drug-likeness (QED) is 0.802. The molecule has 106 valence electrons. The van der Waals surface area contributed by atoms with Gasteiger partial charge in [-0.15, -0.1) is 11.3 Å². The maximum absolute atomic E-state index is 14.2. The van der Waals surface area contributed by atoms with E-state index < -0.39 is 11.8 Å². The third kappa shape index (κ3) is 2.57. The first-order chi connectivity index (χ1) is 10.2. The van der Waals surface area contributed by atoms with Gasteiger partial charge in [0.15, 0.2) is 0 Å². The van der Waals surface area contributed by atoms with E-state index in [2.05, 4.69) is 4.98 Å². The van der Waals surface area contributed by atoms with E-state index in [-0.39, 0.29) is 12.1 Å². The SMILES string of the molecule is O=C(O)c1cccc(Cn2ccnc2-c2cccs2)c1F. The number of carbonyl (C=O) groups is 1. The average molecular weight is 302 g/mol. The van der Waals surface area contributed by atoms with Gasteiger partial charge in [-0.2, -0.15) is 0 Å². The number of carboxylic acids is 1. The van der Waals surface area contributed by atoms with Crippen molar-refractivity contribution in [3.63, 3.8) is 0 Å². The van der Waals surface area contributed by atoms with Gasteiger partial charge in [0, 0.05) is 18.0 Å². The van der Waals surface area contributed by atoms with Gasteiger partial charge in [-0.05, 0) is 17.5 Å². The molecule has 0 aliphatic heterocycles. The Morgan fingerprint density at radius 2 is 2.19 bits per heavy atom. The number of hydrogen-bond acceptors (Lipinski definition) is 3. The summed E-state index contributed by atoms with van der Waals surface area (Å²) >= 11 is 1.55. The van der Waals surface area contributed by atoms with Crippen molar-refractivity contribution in [2.45, 2.75) is 6.54 Å². The predicted octanol–water partition coefficient (Wildman–Crippen LogP) is 3.50. The molecular formula is C15H11FN2O2S. The third-order valence-electron chi connectivity index (χ3n) is 3.11. The fraction of sp³-hybridized carbons (Fsp3) is 0.0667. The molecule has 4 nitrogen and oxygen atoms in total. The number of aromatic carboxylic acids is 1. The van der Waals surface area contributed by atoms with Gasteiger partial charge in [0.05, 0.1) is 17.0 Å². The summed E-state index contributed by atoms with van der Waals surface area (Å²) in [5, 5.41) is 10.9. The van der Waals surface area contributed by atoms with Gasteiger partial charge in [-0.3, -0.25) is 0 Å². The van der Waals surface area contributed by atoms with Crippen LogP contribution in [0.3, 0.4) is 0 Å². The number of rotatable bonds is 4. The summed E-state index contributed by atoms with van der Waals surface area (Å²) in [5.74, 6) is -1.22. The second kappa shape index (κ2) is 5.49. The van der Waals surface area contributed by atoms with Gasteiger partial charge >= 0.3 is 5.97 Å². The van der Waals surface area contributed by atoms with Gasteiger partial charge in [-0.25, -0.2) is 14.2 Å². The second-order valence-corrected chi connectivity index (χ2v) is 5.39. The van der Waals surface area contributed by atoms with Crippen LogP contribution >= 0.6 is 11.3 Å². The lowest BCUT2D eigenvalue weighted by Crippen LogP contribution is -2.07. The number of aromatic nitrogens is 2. The summed E-state index contributed by atoms with van der Waals surface area (Å²) in [6.45, 7) is 0.236. The molecule has 0 atom stereocenters. The Morgan fingerprint density at radius 1 is 1.33 bits per heavy atom.